The fourth-order valence-corrected chi connectivity index (χ4v) is 9.21. The smallest absolute Gasteiger partial charge is 0.392 e. The van der Waals surface area contributed by atoms with Gasteiger partial charge in [-0.2, -0.15) is 13.2 Å². The number of nitrogens with zero attached hydrogens (tertiary/aromatic N) is 2. The third kappa shape index (κ3) is 2.31. The van der Waals surface area contributed by atoms with Gasteiger partial charge in [0, 0.05) is 17.3 Å². The molecule has 1 aromatic heterocycles. The minimum Gasteiger partial charge on any atom is -0.392 e. The highest BCUT2D eigenvalue weighted by Crippen LogP contribution is 2.76. The lowest BCUT2D eigenvalue weighted by Crippen LogP contribution is -2.86. The van der Waals surface area contributed by atoms with Gasteiger partial charge in [0.25, 0.3) is 0 Å². The maximum absolute atomic E-state index is 13.5. The molecule has 4 N–H and O–H groups in total. The quantitative estimate of drug-likeness (QED) is 0.434. The number of hydrogen-bond donors (Lipinski definition) is 4. The summed E-state index contributed by atoms with van der Waals surface area (Å²) < 4.78 is 46.4. The Labute approximate surface area is 205 Å². The van der Waals surface area contributed by atoms with E-state index in [1.165, 1.54) is 6.07 Å². The van der Waals surface area contributed by atoms with Crippen molar-refractivity contribution in [2.24, 2.45) is 22.7 Å². The van der Waals surface area contributed by atoms with Crippen molar-refractivity contribution in [2.45, 2.75) is 81.1 Å². The lowest BCUT2D eigenvalue weighted by atomic mass is 9.35. The van der Waals surface area contributed by atoms with Crippen LogP contribution in [0.4, 0.5) is 13.2 Å². The van der Waals surface area contributed by atoms with Gasteiger partial charge in [-0.25, -0.2) is 9.97 Å². The van der Waals surface area contributed by atoms with Crippen LogP contribution in [0.5, 0.6) is 0 Å². The number of ether oxygens (including phenoxy) is 1. The topological polar surface area (TPSA) is 116 Å². The highest BCUT2D eigenvalue weighted by Gasteiger charge is 2.85. The van der Waals surface area contributed by atoms with Crippen molar-refractivity contribution < 1.29 is 38.3 Å². The standard InChI is InChI=1S/C26H29F3N2O5/c1-22(2)8-7-16(32)23-10-36-25(35,21(34)18(22)23)24-15(23)6-4-12(20(24)33)17-19(24)31-14-9-11(26(27,28)29)3-5-13(14)30-17/h3,5,9,12,15-16,18,20-21,32-35H,4,6-8,10H2,1-2H3/t12-,15?,16-,18?,20+,21-,23+,24?,25-/m0/s1. The first-order valence-electron chi connectivity index (χ1n) is 12.6. The second-order valence-corrected chi connectivity index (χ2v) is 12.3. The maximum atomic E-state index is 13.5. The summed E-state index contributed by atoms with van der Waals surface area (Å²) in [5, 5.41) is 47.3. The minimum atomic E-state index is -4.57. The van der Waals surface area contributed by atoms with Gasteiger partial charge in [0.1, 0.15) is 11.5 Å². The van der Waals surface area contributed by atoms with Crippen molar-refractivity contribution in [1.82, 2.24) is 9.97 Å². The van der Waals surface area contributed by atoms with Crippen molar-refractivity contribution in [2.75, 3.05) is 6.61 Å². The van der Waals surface area contributed by atoms with Gasteiger partial charge < -0.3 is 25.2 Å². The summed E-state index contributed by atoms with van der Waals surface area (Å²) >= 11 is 0. The van der Waals surface area contributed by atoms with Gasteiger partial charge in [-0.3, -0.25) is 0 Å². The average Bonchev–Trinajstić information content (AvgIpc) is 2.94. The lowest BCUT2D eigenvalue weighted by Gasteiger charge is -2.75. The Morgan fingerprint density at radius 1 is 1.00 bits per heavy atom. The van der Waals surface area contributed by atoms with Gasteiger partial charge in [0.15, 0.2) is 0 Å². The molecule has 0 amide bonds. The summed E-state index contributed by atoms with van der Waals surface area (Å²) in [7, 11) is 0. The molecule has 4 aliphatic carbocycles. The number of benzene rings is 1. The van der Waals surface area contributed by atoms with E-state index in [0.29, 0.717) is 31.4 Å². The minimum absolute atomic E-state index is 0.00504. The lowest BCUT2D eigenvalue weighted by molar-refractivity contribution is -0.449. The second kappa shape index (κ2) is 6.58. The van der Waals surface area contributed by atoms with E-state index in [-0.39, 0.29) is 23.3 Å². The van der Waals surface area contributed by atoms with Crippen LogP contribution in [0.2, 0.25) is 0 Å². The highest BCUT2D eigenvalue weighted by atomic mass is 19.4. The van der Waals surface area contributed by atoms with Crippen molar-refractivity contribution in [3.63, 3.8) is 0 Å². The Morgan fingerprint density at radius 2 is 1.75 bits per heavy atom. The zero-order chi connectivity index (χ0) is 25.6. The van der Waals surface area contributed by atoms with Crippen molar-refractivity contribution in [3.8, 4) is 0 Å². The number of hydrogen-bond acceptors (Lipinski definition) is 7. The second-order valence-electron chi connectivity index (χ2n) is 12.3. The molecule has 2 aromatic rings. The zero-order valence-electron chi connectivity index (χ0n) is 20.0. The van der Waals surface area contributed by atoms with Crippen molar-refractivity contribution >= 4 is 11.0 Å². The van der Waals surface area contributed by atoms with Gasteiger partial charge in [0.05, 0.1) is 46.8 Å². The van der Waals surface area contributed by atoms with E-state index in [9.17, 15) is 33.6 Å². The average molecular weight is 507 g/mol. The molecule has 4 bridgehead atoms. The number of fused-ring (bicyclic) bond motifs is 5. The monoisotopic (exact) mass is 506 g/mol. The molecule has 7 nitrogen and oxygen atoms in total. The predicted octanol–water partition coefficient (Wildman–Crippen LogP) is 2.63. The summed E-state index contributed by atoms with van der Waals surface area (Å²) in [5.74, 6) is -3.75. The van der Waals surface area contributed by atoms with Crippen LogP contribution >= 0.6 is 0 Å². The van der Waals surface area contributed by atoms with E-state index in [1.807, 2.05) is 13.8 Å². The Kier molecular flexibility index (Phi) is 4.26. The summed E-state index contributed by atoms with van der Waals surface area (Å²) in [6.07, 6.45) is -5.88. The summed E-state index contributed by atoms with van der Waals surface area (Å²) in [4.78, 5) is 9.28. The molecule has 36 heavy (non-hydrogen) atoms. The third-order valence-electron chi connectivity index (χ3n) is 10.5. The molecule has 194 valence electrons. The predicted molar refractivity (Wildman–Crippen MR) is 120 cm³/mol. The Bertz CT molecular complexity index is 1300. The van der Waals surface area contributed by atoms with Gasteiger partial charge in [0.2, 0.25) is 5.79 Å². The number of alkyl halides is 3. The van der Waals surface area contributed by atoms with E-state index in [2.05, 4.69) is 9.97 Å². The molecular formula is C26H29F3N2O5. The summed E-state index contributed by atoms with van der Waals surface area (Å²) in [6, 6.07) is 3.14. The fourth-order valence-electron chi connectivity index (χ4n) is 9.21. The number of rotatable bonds is 0. The summed E-state index contributed by atoms with van der Waals surface area (Å²) in [6.45, 7) is 4.05. The van der Waals surface area contributed by atoms with Gasteiger partial charge in [-0.05, 0) is 55.2 Å². The molecular weight excluding hydrogens is 477 g/mol. The van der Waals surface area contributed by atoms with Crippen LogP contribution in [0, 0.1) is 22.7 Å². The molecule has 0 radical (unpaired) electrons. The van der Waals surface area contributed by atoms with E-state index in [1.54, 1.807) is 0 Å². The van der Waals surface area contributed by atoms with E-state index in [4.69, 9.17) is 4.74 Å². The molecule has 5 fully saturated rings. The highest BCUT2D eigenvalue weighted by molar-refractivity contribution is 5.76. The van der Waals surface area contributed by atoms with Crippen LogP contribution in [0.3, 0.4) is 0 Å². The van der Waals surface area contributed by atoms with Crippen LogP contribution in [0.1, 0.15) is 62.4 Å². The first-order chi connectivity index (χ1) is 16.8. The molecule has 2 spiro atoms. The third-order valence-corrected chi connectivity index (χ3v) is 10.5. The van der Waals surface area contributed by atoms with Gasteiger partial charge in [-0.1, -0.05) is 13.8 Å². The number of aliphatic hydroxyl groups excluding tert-OH is 3. The van der Waals surface area contributed by atoms with Crippen molar-refractivity contribution in [3.05, 3.63) is 35.2 Å². The zero-order valence-corrected chi connectivity index (χ0v) is 20.0. The number of aliphatic hydroxyl groups is 4. The molecule has 1 aromatic carbocycles. The molecule has 10 heteroatoms. The molecule has 2 aliphatic heterocycles. The fraction of sp³-hybridized carbons (Fsp3) is 0.692. The van der Waals surface area contributed by atoms with Gasteiger partial charge in [-0.15, -0.1) is 0 Å². The summed E-state index contributed by atoms with van der Waals surface area (Å²) in [5.41, 5.74) is -3.00. The molecule has 3 unspecified atom stereocenters. The van der Waals surface area contributed by atoms with E-state index < -0.39 is 69.8 Å². The molecule has 3 heterocycles. The molecule has 8 rings (SSSR count). The first-order valence-corrected chi connectivity index (χ1v) is 12.6. The van der Waals surface area contributed by atoms with E-state index in [0.717, 1.165) is 12.1 Å². The SMILES string of the molecule is CC1(C)CC[C@H](O)[C@]23CO[C@@](O)([C@@H](O)C12)C12c4nc5cc(C(F)(F)F)ccc5nc4[C@H](CCC13)[C@H]2O. The van der Waals surface area contributed by atoms with Crippen LogP contribution in [-0.2, 0) is 16.3 Å². The van der Waals surface area contributed by atoms with E-state index >= 15 is 0 Å². The largest absolute Gasteiger partial charge is 0.416 e. The maximum Gasteiger partial charge on any atom is 0.416 e. The first kappa shape index (κ1) is 23.3. The Hall–Kier alpha value is -1.85. The normalized spacial score (nSPS) is 46.4. The van der Waals surface area contributed by atoms with Crippen LogP contribution < -0.4 is 0 Å². The molecule has 2 saturated heterocycles. The number of halogens is 3. The van der Waals surface area contributed by atoms with Crippen LogP contribution in [0.15, 0.2) is 18.2 Å². The molecule has 3 saturated carbocycles. The van der Waals surface area contributed by atoms with Gasteiger partial charge >= 0.3 is 6.18 Å². The Morgan fingerprint density at radius 3 is 2.47 bits per heavy atom. The molecule has 6 aliphatic rings. The molecule has 9 atom stereocenters. The van der Waals surface area contributed by atoms with Crippen LogP contribution in [-0.4, -0.2) is 61.1 Å². The van der Waals surface area contributed by atoms with Crippen molar-refractivity contribution in [1.29, 1.82) is 0 Å². The Balaban J connectivity index is 1.52. The number of aromatic nitrogens is 2. The van der Waals surface area contributed by atoms with Crippen LogP contribution in [0.25, 0.3) is 11.0 Å².